The zero-order valence-corrected chi connectivity index (χ0v) is 14.0. The van der Waals surface area contributed by atoms with E-state index in [0.29, 0.717) is 0 Å². The molecule has 1 aliphatic heterocycles. The molecular weight excluding hydrogens is 300 g/mol. The Morgan fingerprint density at radius 1 is 1.04 bits per heavy atom. The Morgan fingerprint density at radius 3 is 2.67 bits per heavy atom. The Bertz CT molecular complexity index is 805. The first kappa shape index (κ1) is 15.1. The third-order valence-corrected chi connectivity index (χ3v) is 4.72. The molecule has 3 aromatic rings. The van der Waals surface area contributed by atoms with Gasteiger partial charge in [-0.15, -0.1) is 0 Å². The molecule has 6 heteroatoms. The largest absolute Gasteiger partial charge is 0.354 e. The van der Waals surface area contributed by atoms with Crippen LogP contribution >= 0.6 is 0 Å². The fourth-order valence-corrected chi connectivity index (χ4v) is 3.29. The van der Waals surface area contributed by atoms with E-state index >= 15 is 0 Å². The van der Waals surface area contributed by atoms with E-state index in [9.17, 15) is 0 Å². The minimum Gasteiger partial charge on any atom is -0.354 e. The summed E-state index contributed by atoms with van der Waals surface area (Å²) >= 11 is 0. The zero-order chi connectivity index (χ0) is 16.4. The van der Waals surface area contributed by atoms with Gasteiger partial charge in [-0.3, -0.25) is 9.58 Å². The SMILES string of the molecule is Cc1cc(N2CCN(CCn3cncn3)CC2)nc2ccccc12. The predicted octanol–water partition coefficient (Wildman–Crippen LogP) is 1.96. The molecule has 2 aromatic heterocycles. The second-order valence-electron chi connectivity index (χ2n) is 6.30. The third-order valence-electron chi connectivity index (χ3n) is 4.72. The van der Waals surface area contributed by atoms with Gasteiger partial charge in [0.2, 0.25) is 0 Å². The van der Waals surface area contributed by atoms with Gasteiger partial charge in [0.1, 0.15) is 18.5 Å². The minimum atomic E-state index is 0.896. The van der Waals surface area contributed by atoms with E-state index in [-0.39, 0.29) is 0 Å². The van der Waals surface area contributed by atoms with Crippen LogP contribution in [0.1, 0.15) is 5.56 Å². The Hall–Kier alpha value is -2.47. The normalized spacial score (nSPS) is 16.0. The molecule has 0 spiro atoms. The van der Waals surface area contributed by atoms with Gasteiger partial charge in [0.25, 0.3) is 0 Å². The highest BCUT2D eigenvalue weighted by atomic mass is 15.3. The molecule has 4 rings (SSSR count). The maximum Gasteiger partial charge on any atom is 0.137 e. The maximum atomic E-state index is 4.86. The fraction of sp³-hybridized carbons (Fsp3) is 0.389. The Kier molecular flexibility index (Phi) is 4.13. The number of piperazine rings is 1. The average molecular weight is 322 g/mol. The molecule has 1 aromatic carbocycles. The van der Waals surface area contributed by atoms with Crippen LogP contribution in [0.3, 0.4) is 0 Å². The number of hydrogen-bond acceptors (Lipinski definition) is 5. The van der Waals surface area contributed by atoms with Crippen LogP contribution < -0.4 is 4.90 Å². The van der Waals surface area contributed by atoms with Crippen LogP contribution in [0.15, 0.2) is 43.0 Å². The number of pyridine rings is 1. The van der Waals surface area contributed by atoms with E-state index in [1.165, 1.54) is 10.9 Å². The molecule has 0 saturated carbocycles. The summed E-state index contributed by atoms with van der Waals surface area (Å²) < 4.78 is 1.89. The Balaban J connectivity index is 1.40. The number of nitrogens with zero attached hydrogens (tertiary/aromatic N) is 6. The van der Waals surface area contributed by atoms with Crippen LogP contribution in [-0.2, 0) is 6.54 Å². The fourth-order valence-electron chi connectivity index (χ4n) is 3.29. The standard InChI is InChI=1S/C18H22N6/c1-15-12-18(21-17-5-3-2-4-16(15)17)23-9-6-22(7-10-23)8-11-24-14-19-13-20-24/h2-5,12-14H,6-11H2,1H3. The van der Waals surface area contributed by atoms with Crippen molar-refractivity contribution in [1.29, 1.82) is 0 Å². The number of benzene rings is 1. The van der Waals surface area contributed by atoms with Crippen molar-refractivity contribution in [2.75, 3.05) is 37.6 Å². The van der Waals surface area contributed by atoms with Crippen molar-refractivity contribution in [3.05, 3.63) is 48.5 Å². The number of rotatable bonds is 4. The lowest BCUT2D eigenvalue weighted by Gasteiger charge is -2.35. The summed E-state index contributed by atoms with van der Waals surface area (Å²) in [5, 5.41) is 5.40. The van der Waals surface area contributed by atoms with Crippen LogP contribution in [0, 0.1) is 6.92 Å². The van der Waals surface area contributed by atoms with Crippen LogP contribution in [-0.4, -0.2) is 57.4 Å². The Labute approximate surface area is 141 Å². The molecule has 24 heavy (non-hydrogen) atoms. The number of para-hydroxylation sites is 1. The van der Waals surface area contributed by atoms with Crippen molar-refractivity contribution in [3.63, 3.8) is 0 Å². The molecule has 0 unspecified atom stereocenters. The van der Waals surface area contributed by atoms with Crippen molar-refractivity contribution in [2.45, 2.75) is 13.5 Å². The van der Waals surface area contributed by atoms with Crippen LogP contribution in [0.5, 0.6) is 0 Å². The van der Waals surface area contributed by atoms with Gasteiger partial charge in [0, 0.05) is 38.1 Å². The molecule has 1 fully saturated rings. The number of aryl methyl sites for hydroxylation is 1. The summed E-state index contributed by atoms with van der Waals surface area (Å²) in [4.78, 5) is 13.7. The Morgan fingerprint density at radius 2 is 1.88 bits per heavy atom. The highest BCUT2D eigenvalue weighted by Crippen LogP contribution is 2.23. The second-order valence-corrected chi connectivity index (χ2v) is 6.30. The number of aromatic nitrogens is 4. The molecule has 1 aliphatic rings. The molecular formula is C18H22N6. The van der Waals surface area contributed by atoms with Crippen molar-refractivity contribution in [3.8, 4) is 0 Å². The average Bonchev–Trinajstić information content (AvgIpc) is 3.14. The van der Waals surface area contributed by atoms with Gasteiger partial charge in [-0.25, -0.2) is 9.97 Å². The highest BCUT2D eigenvalue weighted by Gasteiger charge is 2.18. The van der Waals surface area contributed by atoms with E-state index in [0.717, 1.165) is 50.6 Å². The van der Waals surface area contributed by atoms with E-state index in [4.69, 9.17) is 4.98 Å². The molecule has 124 valence electrons. The van der Waals surface area contributed by atoms with E-state index in [1.807, 2.05) is 4.68 Å². The monoisotopic (exact) mass is 322 g/mol. The van der Waals surface area contributed by atoms with Crippen molar-refractivity contribution in [1.82, 2.24) is 24.6 Å². The van der Waals surface area contributed by atoms with Gasteiger partial charge >= 0.3 is 0 Å². The highest BCUT2D eigenvalue weighted by molar-refractivity contribution is 5.83. The van der Waals surface area contributed by atoms with Gasteiger partial charge in [0.05, 0.1) is 12.1 Å². The first-order chi connectivity index (χ1) is 11.8. The number of hydrogen-bond donors (Lipinski definition) is 0. The molecule has 6 nitrogen and oxygen atoms in total. The van der Waals surface area contributed by atoms with Gasteiger partial charge in [0.15, 0.2) is 0 Å². The first-order valence-electron chi connectivity index (χ1n) is 8.46. The predicted molar refractivity (Wildman–Crippen MR) is 95.2 cm³/mol. The molecule has 3 heterocycles. The lowest BCUT2D eigenvalue weighted by Crippen LogP contribution is -2.47. The van der Waals surface area contributed by atoms with E-state index < -0.39 is 0 Å². The van der Waals surface area contributed by atoms with Crippen molar-refractivity contribution < 1.29 is 0 Å². The minimum absolute atomic E-state index is 0.896. The third kappa shape index (κ3) is 3.10. The summed E-state index contributed by atoms with van der Waals surface area (Å²) in [5.74, 6) is 1.10. The summed E-state index contributed by atoms with van der Waals surface area (Å²) in [7, 11) is 0. The molecule has 0 bridgehead atoms. The van der Waals surface area contributed by atoms with Gasteiger partial charge in [-0.2, -0.15) is 5.10 Å². The molecule has 0 aliphatic carbocycles. The summed E-state index contributed by atoms with van der Waals surface area (Å²) in [6, 6.07) is 10.6. The molecule has 0 radical (unpaired) electrons. The van der Waals surface area contributed by atoms with Crippen molar-refractivity contribution >= 4 is 16.7 Å². The van der Waals surface area contributed by atoms with Crippen LogP contribution in [0.2, 0.25) is 0 Å². The quantitative estimate of drug-likeness (QED) is 0.735. The van der Waals surface area contributed by atoms with Gasteiger partial charge in [-0.05, 0) is 24.6 Å². The molecule has 0 N–H and O–H groups in total. The summed E-state index contributed by atoms with van der Waals surface area (Å²) in [5.41, 5.74) is 2.38. The maximum absolute atomic E-state index is 4.86. The summed E-state index contributed by atoms with van der Waals surface area (Å²) in [6.45, 7) is 8.23. The van der Waals surface area contributed by atoms with Gasteiger partial charge < -0.3 is 4.90 Å². The van der Waals surface area contributed by atoms with Gasteiger partial charge in [-0.1, -0.05) is 18.2 Å². The van der Waals surface area contributed by atoms with E-state index in [1.54, 1.807) is 12.7 Å². The molecule has 0 amide bonds. The van der Waals surface area contributed by atoms with Crippen LogP contribution in [0.25, 0.3) is 10.9 Å². The lowest BCUT2D eigenvalue weighted by molar-refractivity contribution is 0.244. The number of fused-ring (bicyclic) bond motifs is 1. The van der Waals surface area contributed by atoms with E-state index in [2.05, 4.69) is 57.1 Å². The van der Waals surface area contributed by atoms with Crippen molar-refractivity contribution in [2.24, 2.45) is 0 Å². The number of anilines is 1. The topological polar surface area (TPSA) is 50.1 Å². The molecule has 0 atom stereocenters. The molecule has 1 saturated heterocycles. The zero-order valence-electron chi connectivity index (χ0n) is 14.0. The van der Waals surface area contributed by atoms with Crippen LogP contribution in [0.4, 0.5) is 5.82 Å². The smallest absolute Gasteiger partial charge is 0.137 e. The first-order valence-corrected chi connectivity index (χ1v) is 8.46. The lowest BCUT2D eigenvalue weighted by atomic mass is 10.1. The second kappa shape index (κ2) is 6.57. The summed E-state index contributed by atoms with van der Waals surface area (Å²) in [6.07, 6.45) is 3.36.